The van der Waals surface area contributed by atoms with Gasteiger partial charge < -0.3 is 9.47 Å². The van der Waals surface area contributed by atoms with E-state index in [9.17, 15) is 0 Å². The lowest BCUT2D eigenvalue weighted by Crippen LogP contribution is -2.01. The van der Waals surface area contributed by atoms with Crippen molar-refractivity contribution in [1.82, 2.24) is 4.98 Å². The maximum atomic E-state index is 5.90. The van der Waals surface area contributed by atoms with E-state index in [-0.39, 0.29) is 0 Å². The van der Waals surface area contributed by atoms with Crippen molar-refractivity contribution in [2.24, 2.45) is 0 Å². The largest absolute Gasteiger partial charge is 0.487 e. The summed E-state index contributed by atoms with van der Waals surface area (Å²) < 4.78 is 11.8. The van der Waals surface area contributed by atoms with E-state index in [2.05, 4.69) is 20.9 Å². The third-order valence-electron chi connectivity index (χ3n) is 2.53. The normalized spacial score (nSPS) is 10.3. The van der Waals surface area contributed by atoms with E-state index in [0.717, 1.165) is 21.5 Å². The lowest BCUT2D eigenvalue weighted by Gasteiger charge is -2.10. The first kappa shape index (κ1) is 14.2. The van der Waals surface area contributed by atoms with E-state index < -0.39 is 0 Å². The van der Waals surface area contributed by atoms with Crippen LogP contribution in [-0.4, -0.2) is 12.1 Å². The van der Waals surface area contributed by atoms with E-state index >= 15 is 0 Å². The van der Waals surface area contributed by atoms with Crippen molar-refractivity contribution in [1.29, 1.82) is 0 Å². The van der Waals surface area contributed by atoms with Gasteiger partial charge in [-0.3, -0.25) is 0 Å². The highest BCUT2D eigenvalue weighted by molar-refractivity contribution is 9.10. The van der Waals surface area contributed by atoms with Gasteiger partial charge in [0.05, 0.1) is 18.7 Å². The van der Waals surface area contributed by atoms with Gasteiger partial charge in [-0.15, -0.1) is 11.6 Å². The standard InChI is InChI=1S/C14H13BrClNO2/c1-18-14-4-2-3-12(17-14)9-19-13-6-5-11(15)7-10(13)8-16/h2-7H,8-9H2,1H3. The summed E-state index contributed by atoms with van der Waals surface area (Å²) in [6, 6.07) is 11.3. The van der Waals surface area contributed by atoms with Crippen molar-refractivity contribution in [3.8, 4) is 11.6 Å². The second-order valence-corrected chi connectivity index (χ2v) is 5.03. The van der Waals surface area contributed by atoms with Crippen LogP contribution in [0.1, 0.15) is 11.3 Å². The van der Waals surface area contributed by atoms with Gasteiger partial charge in [0, 0.05) is 16.1 Å². The number of aromatic nitrogens is 1. The first-order chi connectivity index (χ1) is 9.22. The fourth-order valence-electron chi connectivity index (χ4n) is 1.60. The van der Waals surface area contributed by atoms with Crippen LogP contribution in [0.2, 0.25) is 0 Å². The molecule has 0 bridgehead atoms. The molecule has 1 aromatic heterocycles. The Morgan fingerprint density at radius 1 is 1.26 bits per heavy atom. The third-order valence-corrected chi connectivity index (χ3v) is 3.31. The number of hydrogen-bond donors (Lipinski definition) is 0. The Bertz CT molecular complexity index is 563. The van der Waals surface area contributed by atoms with Crippen LogP contribution in [0.5, 0.6) is 11.6 Å². The molecular formula is C14H13BrClNO2. The van der Waals surface area contributed by atoms with Gasteiger partial charge in [0.1, 0.15) is 12.4 Å². The summed E-state index contributed by atoms with van der Waals surface area (Å²) in [5.74, 6) is 1.75. The van der Waals surface area contributed by atoms with Crippen LogP contribution in [0, 0.1) is 0 Å². The summed E-state index contributed by atoms with van der Waals surface area (Å²) in [4.78, 5) is 4.29. The number of hydrogen-bond acceptors (Lipinski definition) is 3. The molecule has 0 saturated carbocycles. The molecule has 5 heteroatoms. The van der Waals surface area contributed by atoms with Gasteiger partial charge in [0.15, 0.2) is 0 Å². The fourth-order valence-corrected chi connectivity index (χ4v) is 2.21. The Balaban J connectivity index is 2.09. The van der Waals surface area contributed by atoms with Gasteiger partial charge in [-0.25, -0.2) is 4.98 Å². The average Bonchev–Trinajstić information content (AvgIpc) is 2.46. The zero-order chi connectivity index (χ0) is 13.7. The van der Waals surface area contributed by atoms with Crippen LogP contribution in [-0.2, 0) is 12.5 Å². The molecule has 0 atom stereocenters. The summed E-state index contributed by atoms with van der Waals surface area (Å²) in [5.41, 5.74) is 1.75. The number of halogens is 2. The number of rotatable bonds is 5. The first-order valence-corrected chi connectivity index (χ1v) is 7.03. The Morgan fingerprint density at radius 2 is 2.11 bits per heavy atom. The number of alkyl halides is 1. The van der Waals surface area contributed by atoms with Crippen molar-refractivity contribution >= 4 is 27.5 Å². The number of ether oxygens (including phenoxy) is 2. The molecular weight excluding hydrogens is 330 g/mol. The maximum Gasteiger partial charge on any atom is 0.213 e. The van der Waals surface area contributed by atoms with Crippen molar-refractivity contribution in [3.05, 3.63) is 52.1 Å². The summed E-state index contributed by atoms with van der Waals surface area (Å²) in [6.07, 6.45) is 0. The molecule has 0 spiro atoms. The van der Waals surface area contributed by atoms with Gasteiger partial charge in [-0.2, -0.15) is 0 Å². The number of methoxy groups -OCH3 is 1. The molecule has 2 aromatic rings. The van der Waals surface area contributed by atoms with Crippen molar-refractivity contribution in [3.63, 3.8) is 0 Å². The van der Waals surface area contributed by atoms with E-state index in [1.54, 1.807) is 13.2 Å². The van der Waals surface area contributed by atoms with Crippen LogP contribution in [0.4, 0.5) is 0 Å². The molecule has 2 rings (SSSR count). The SMILES string of the molecule is COc1cccc(COc2ccc(Br)cc2CCl)n1. The Morgan fingerprint density at radius 3 is 2.84 bits per heavy atom. The molecule has 0 aliphatic heterocycles. The predicted octanol–water partition coefficient (Wildman–Crippen LogP) is 4.17. The smallest absolute Gasteiger partial charge is 0.213 e. The Hall–Kier alpha value is -1.26. The highest BCUT2D eigenvalue weighted by atomic mass is 79.9. The minimum atomic E-state index is 0.378. The van der Waals surface area contributed by atoms with E-state index in [4.69, 9.17) is 21.1 Å². The van der Waals surface area contributed by atoms with Crippen molar-refractivity contribution in [2.45, 2.75) is 12.5 Å². The molecule has 0 fully saturated rings. The Kier molecular flexibility index (Phi) is 5.05. The third kappa shape index (κ3) is 3.85. The quantitative estimate of drug-likeness (QED) is 0.764. The zero-order valence-electron chi connectivity index (χ0n) is 10.4. The topological polar surface area (TPSA) is 31.4 Å². The molecule has 0 amide bonds. The summed E-state index contributed by atoms with van der Waals surface area (Å²) >= 11 is 9.31. The van der Waals surface area contributed by atoms with E-state index in [1.165, 1.54) is 0 Å². The van der Waals surface area contributed by atoms with Gasteiger partial charge in [0.2, 0.25) is 5.88 Å². The first-order valence-electron chi connectivity index (χ1n) is 5.70. The molecule has 100 valence electrons. The lowest BCUT2D eigenvalue weighted by molar-refractivity contribution is 0.296. The number of benzene rings is 1. The summed E-state index contributed by atoms with van der Waals surface area (Å²) in [7, 11) is 1.59. The summed E-state index contributed by atoms with van der Waals surface area (Å²) in [6.45, 7) is 0.378. The molecule has 19 heavy (non-hydrogen) atoms. The van der Waals surface area contributed by atoms with E-state index in [0.29, 0.717) is 18.4 Å². The monoisotopic (exact) mass is 341 g/mol. The minimum absolute atomic E-state index is 0.378. The summed E-state index contributed by atoms with van der Waals surface area (Å²) in [5, 5.41) is 0. The predicted molar refractivity (Wildman–Crippen MR) is 78.8 cm³/mol. The van der Waals surface area contributed by atoms with Crippen molar-refractivity contribution in [2.75, 3.05) is 7.11 Å². The molecule has 0 N–H and O–H groups in total. The number of pyridine rings is 1. The molecule has 0 saturated heterocycles. The van der Waals surface area contributed by atoms with Crippen LogP contribution < -0.4 is 9.47 Å². The van der Waals surface area contributed by atoms with Gasteiger partial charge >= 0.3 is 0 Å². The highest BCUT2D eigenvalue weighted by Crippen LogP contribution is 2.25. The zero-order valence-corrected chi connectivity index (χ0v) is 12.7. The second kappa shape index (κ2) is 6.78. The van der Waals surface area contributed by atoms with Crippen molar-refractivity contribution < 1.29 is 9.47 Å². The molecule has 0 aliphatic carbocycles. The van der Waals surface area contributed by atoms with E-state index in [1.807, 2.05) is 30.3 Å². The highest BCUT2D eigenvalue weighted by Gasteiger charge is 2.05. The Labute approximate surface area is 125 Å². The maximum absolute atomic E-state index is 5.90. The second-order valence-electron chi connectivity index (χ2n) is 3.85. The average molecular weight is 343 g/mol. The van der Waals surface area contributed by atoms with Crippen LogP contribution >= 0.6 is 27.5 Å². The van der Waals surface area contributed by atoms with Crippen LogP contribution in [0.15, 0.2) is 40.9 Å². The molecule has 3 nitrogen and oxygen atoms in total. The minimum Gasteiger partial charge on any atom is -0.487 e. The number of nitrogens with zero attached hydrogens (tertiary/aromatic N) is 1. The molecule has 0 radical (unpaired) electrons. The molecule has 0 aliphatic rings. The van der Waals surface area contributed by atoms with Gasteiger partial charge in [-0.05, 0) is 24.3 Å². The fraction of sp³-hybridized carbons (Fsp3) is 0.214. The van der Waals surface area contributed by atoms with Crippen LogP contribution in [0.3, 0.4) is 0 Å². The lowest BCUT2D eigenvalue weighted by atomic mass is 10.2. The van der Waals surface area contributed by atoms with Gasteiger partial charge in [0.25, 0.3) is 0 Å². The molecule has 1 aromatic carbocycles. The molecule has 0 unspecified atom stereocenters. The molecule has 1 heterocycles. The van der Waals surface area contributed by atoms with Gasteiger partial charge in [-0.1, -0.05) is 22.0 Å². The van der Waals surface area contributed by atoms with Crippen LogP contribution in [0.25, 0.3) is 0 Å².